The zero-order valence-corrected chi connectivity index (χ0v) is 11.2. The second kappa shape index (κ2) is 5.05. The standard InChI is InChI=1S/C14H13ClO4/c1-9-12(16)19-8-14(9,13(17)18-2)7-10-3-5-11(15)6-4-10/h3-6H,1,7-8H2,2H3/t14-/m0/s1. The number of esters is 2. The third-order valence-electron chi connectivity index (χ3n) is 3.27. The van der Waals surface area contributed by atoms with Crippen LogP contribution in [0.15, 0.2) is 36.4 Å². The van der Waals surface area contributed by atoms with Gasteiger partial charge in [0.15, 0.2) is 0 Å². The van der Waals surface area contributed by atoms with E-state index < -0.39 is 17.4 Å². The average molecular weight is 281 g/mol. The fourth-order valence-electron chi connectivity index (χ4n) is 2.12. The molecule has 1 atom stereocenters. The Kier molecular flexibility index (Phi) is 3.62. The van der Waals surface area contributed by atoms with Gasteiger partial charge in [0.1, 0.15) is 12.0 Å². The highest BCUT2D eigenvalue weighted by molar-refractivity contribution is 6.30. The van der Waals surface area contributed by atoms with Gasteiger partial charge in [-0.15, -0.1) is 0 Å². The number of hydrogen-bond acceptors (Lipinski definition) is 4. The first kappa shape index (κ1) is 13.6. The van der Waals surface area contributed by atoms with Gasteiger partial charge in [-0.2, -0.15) is 0 Å². The summed E-state index contributed by atoms with van der Waals surface area (Å²) in [5, 5.41) is 0.605. The molecule has 0 radical (unpaired) electrons. The molecule has 0 saturated carbocycles. The summed E-state index contributed by atoms with van der Waals surface area (Å²) in [6.07, 6.45) is 0.293. The topological polar surface area (TPSA) is 52.6 Å². The van der Waals surface area contributed by atoms with Gasteiger partial charge >= 0.3 is 11.9 Å². The quantitative estimate of drug-likeness (QED) is 0.629. The molecule has 1 aliphatic heterocycles. The van der Waals surface area contributed by atoms with E-state index in [2.05, 4.69) is 6.58 Å². The number of carbonyl (C=O) groups is 2. The highest BCUT2D eigenvalue weighted by Crippen LogP contribution is 2.38. The molecule has 1 aliphatic rings. The van der Waals surface area contributed by atoms with Crippen LogP contribution in [0.3, 0.4) is 0 Å². The average Bonchev–Trinajstić information content (AvgIpc) is 2.70. The second-order valence-corrected chi connectivity index (χ2v) is 4.87. The molecule has 0 unspecified atom stereocenters. The SMILES string of the molecule is C=C1C(=O)OC[C@]1(Cc1ccc(Cl)cc1)C(=O)OC. The van der Waals surface area contributed by atoms with Gasteiger partial charge in [0.2, 0.25) is 0 Å². The van der Waals surface area contributed by atoms with Gasteiger partial charge < -0.3 is 9.47 Å². The number of hydrogen-bond donors (Lipinski definition) is 0. The van der Waals surface area contributed by atoms with Crippen LogP contribution >= 0.6 is 11.6 Å². The zero-order valence-electron chi connectivity index (χ0n) is 10.4. The zero-order chi connectivity index (χ0) is 14.0. The molecular weight excluding hydrogens is 268 g/mol. The maximum atomic E-state index is 12.0. The molecule has 0 aromatic heterocycles. The maximum absolute atomic E-state index is 12.0. The summed E-state index contributed by atoms with van der Waals surface area (Å²) in [7, 11) is 1.28. The van der Waals surface area contributed by atoms with Crippen LogP contribution in [-0.4, -0.2) is 25.7 Å². The van der Waals surface area contributed by atoms with Gasteiger partial charge in [0, 0.05) is 5.02 Å². The Bertz CT molecular complexity index is 535. The normalized spacial score (nSPS) is 22.2. The van der Waals surface area contributed by atoms with E-state index >= 15 is 0 Å². The summed E-state index contributed by atoms with van der Waals surface area (Å²) < 4.78 is 9.73. The number of cyclic esters (lactones) is 1. The fourth-order valence-corrected chi connectivity index (χ4v) is 2.24. The summed E-state index contributed by atoms with van der Waals surface area (Å²) in [6.45, 7) is 3.63. The van der Waals surface area contributed by atoms with Crippen molar-refractivity contribution < 1.29 is 19.1 Å². The van der Waals surface area contributed by atoms with E-state index in [1.54, 1.807) is 24.3 Å². The van der Waals surface area contributed by atoms with Gasteiger partial charge in [-0.25, -0.2) is 4.79 Å². The lowest BCUT2D eigenvalue weighted by Crippen LogP contribution is -2.36. The smallest absolute Gasteiger partial charge is 0.334 e. The van der Waals surface area contributed by atoms with Crippen molar-refractivity contribution in [2.45, 2.75) is 6.42 Å². The summed E-state index contributed by atoms with van der Waals surface area (Å²) in [5.41, 5.74) is -0.150. The van der Waals surface area contributed by atoms with Crippen molar-refractivity contribution >= 4 is 23.5 Å². The summed E-state index contributed by atoms with van der Waals surface area (Å²) in [6, 6.07) is 7.04. The predicted molar refractivity (Wildman–Crippen MR) is 69.7 cm³/mol. The first-order valence-corrected chi connectivity index (χ1v) is 6.07. The molecule has 0 aliphatic carbocycles. The first-order valence-electron chi connectivity index (χ1n) is 5.69. The van der Waals surface area contributed by atoms with Crippen molar-refractivity contribution in [1.29, 1.82) is 0 Å². The Morgan fingerprint density at radius 1 is 1.47 bits per heavy atom. The Morgan fingerprint density at radius 3 is 2.58 bits per heavy atom. The molecular formula is C14H13ClO4. The molecule has 2 rings (SSSR count). The van der Waals surface area contributed by atoms with Crippen LogP contribution in [0, 0.1) is 5.41 Å². The van der Waals surface area contributed by atoms with Crippen LogP contribution in [0.4, 0.5) is 0 Å². The van der Waals surface area contributed by atoms with Gasteiger partial charge in [-0.1, -0.05) is 30.3 Å². The van der Waals surface area contributed by atoms with Crippen molar-refractivity contribution in [3.63, 3.8) is 0 Å². The van der Waals surface area contributed by atoms with Crippen molar-refractivity contribution in [2.75, 3.05) is 13.7 Å². The predicted octanol–water partition coefficient (Wildman–Crippen LogP) is 2.15. The van der Waals surface area contributed by atoms with Crippen LogP contribution in [0.2, 0.25) is 5.02 Å². The van der Waals surface area contributed by atoms with Crippen molar-refractivity contribution in [3.8, 4) is 0 Å². The molecule has 19 heavy (non-hydrogen) atoms. The first-order chi connectivity index (χ1) is 8.99. The molecule has 4 nitrogen and oxygen atoms in total. The minimum Gasteiger partial charge on any atom is -0.468 e. The molecule has 0 amide bonds. The lowest BCUT2D eigenvalue weighted by molar-refractivity contribution is -0.150. The number of methoxy groups -OCH3 is 1. The molecule has 0 spiro atoms. The van der Waals surface area contributed by atoms with Crippen LogP contribution in [-0.2, 0) is 25.5 Å². The molecule has 5 heteroatoms. The number of ether oxygens (including phenoxy) is 2. The van der Waals surface area contributed by atoms with Gasteiger partial charge in [0.05, 0.1) is 12.7 Å². The second-order valence-electron chi connectivity index (χ2n) is 4.43. The number of carbonyl (C=O) groups excluding carboxylic acids is 2. The molecule has 0 bridgehead atoms. The minimum atomic E-state index is -1.14. The largest absolute Gasteiger partial charge is 0.468 e. The van der Waals surface area contributed by atoms with E-state index in [4.69, 9.17) is 21.1 Å². The van der Waals surface area contributed by atoms with E-state index in [1.165, 1.54) is 7.11 Å². The lowest BCUT2D eigenvalue weighted by atomic mass is 9.78. The Hall–Kier alpha value is -1.81. The number of halogens is 1. The molecule has 0 N–H and O–H groups in total. The summed E-state index contributed by atoms with van der Waals surface area (Å²) >= 11 is 5.82. The highest BCUT2D eigenvalue weighted by Gasteiger charge is 2.51. The molecule has 100 valence electrons. The Labute approximate surface area is 116 Å². The highest BCUT2D eigenvalue weighted by atomic mass is 35.5. The fraction of sp³-hybridized carbons (Fsp3) is 0.286. The van der Waals surface area contributed by atoms with Crippen molar-refractivity contribution in [2.24, 2.45) is 5.41 Å². The van der Waals surface area contributed by atoms with Crippen molar-refractivity contribution in [3.05, 3.63) is 47.0 Å². The number of benzene rings is 1. The van der Waals surface area contributed by atoms with Crippen LogP contribution < -0.4 is 0 Å². The third kappa shape index (κ3) is 2.36. The van der Waals surface area contributed by atoms with E-state index in [1.807, 2.05) is 0 Å². The number of rotatable bonds is 3. The van der Waals surface area contributed by atoms with Gasteiger partial charge in [-0.05, 0) is 24.1 Å². The van der Waals surface area contributed by atoms with Gasteiger partial charge in [-0.3, -0.25) is 4.79 Å². The van der Waals surface area contributed by atoms with Gasteiger partial charge in [0.25, 0.3) is 0 Å². The monoisotopic (exact) mass is 280 g/mol. The molecule has 1 saturated heterocycles. The van der Waals surface area contributed by atoms with Crippen LogP contribution in [0.5, 0.6) is 0 Å². The maximum Gasteiger partial charge on any atom is 0.334 e. The lowest BCUT2D eigenvalue weighted by Gasteiger charge is -2.23. The molecule has 1 aromatic rings. The van der Waals surface area contributed by atoms with E-state index in [-0.39, 0.29) is 12.2 Å². The Balaban J connectivity index is 2.35. The van der Waals surface area contributed by atoms with Crippen LogP contribution in [0.25, 0.3) is 0 Å². The third-order valence-corrected chi connectivity index (χ3v) is 3.52. The summed E-state index contributed by atoms with van der Waals surface area (Å²) in [4.78, 5) is 23.5. The molecule has 1 fully saturated rings. The van der Waals surface area contributed by atoms with Crippen molar-refractivity contribution in [1.82, 2.24) is 0 Å². The van der Waals surface area contributed by atoms with E-state index in [0.717, 1.165) is 5.56 Å². The van der Waals surface area contributed by atoms with E-state index in [0.29, 0.717) is 11.4 Å². The molecule has 1 aromatic carbocycles. The summed E-state index contributed by atoms with van der Waals surface area (Å²) in [5.74, 6) is -1.07. The Morgan fingerprint density at radius 2 is 2.11 bits per heavy atom. The molecule has 1 heterocycles. The minimum absolute atomic E-state index is 0.0417. The van der Waals surface area contributed by atoms with E-state index in [9.17, 15) is 9.59 Å². The van der Waals surface area contributed by atoms with Crippen LogP contribution in [0.1, 0.15) is 5.56 Å².